The fraction of sp³-hybridized carbons (Fsp3) is 0.357. The summed E-state index contributed by atoms with van der Waals surface area (Å²) in [5.41, 5.74) is 1.39. The van der Waals surface area contributed by atoms with Gasteiger partial charge in [0.25, 0.3) is 0 Å². The summed E-state index contributed by atoms with van der Waals surface area (Å²) in [6, 6.07) is 5.80. The number of alkyl halides is 1. The van der Waals surface area contributed by atoms with Crippen LogP contribution in [0.25, 0.3) is 10.9 Å². The molecule has 0 atom stereocenters. The van der Waals surface area contributed by atoms with Gasteiger partial charge in [0.05, 0.1) is 19.2 Å². The first-order valence-corrected chi connectivity index (χ1v) is 8.14. The van der Waals surface area contributed by atoms with Gasteiger partial charge in [0.15, 0.2) is 11.4 Å². The van der Waals surface area contributed by atoms with Crippen LogP contribution in [0.2, 0.25) is 0 Å². The summed E-state index contributed by atoms with van der Waals surface area (Å²) in [7, 11) is 1.57. The van der Waals surface area contributed by atoms with E-state index in [0.717, 1.165) is 20.7 Å². The number of carbonyl (C=O) groups excluding carboxylic acids is 1. The third-order valence-corrected chi connectivity index (χ3v) is 3.96. The highest BCUT2D eigenvalue weighted by Crippen LogP contribution is 2.37. The molecule has 2 rings (SSSR count). The topological polar surface area (TPSA) is 40.5 Å². The second-order valence-corrected chi connectivity index (χ2v) is 5.73. The zero-order valence-electron chi connectivity index (χ0n) is 11.3. The molecule has 1 aromatic heterocycles. The number of benzene rings is 1. The first-order valence-electron chi connectivity index (χ1n) is 6.23. The summed E-state index contributed by atoms with van der Waals surface area (Å²) in [6.45, 7) is 2.77. The Morgan fingerprint density at radius 3 is 2.75 bits per heavy atom. The van der Waals surface area contributed by atoms with Gasteiger partial charge in [-0.25, -0.2) is 4.79 Å². The average Bonchev–Trinajstić information content (AvgIpc) is 2.74. The summed E-state index contributed by atoms with van der Waals surface area (Å²) >= 11 is 6.96. The molecule has 4 nitrogen and oxygen atoms in total. The van der Waals surface area contributed by atoms with E-state index in [2.05, 4.69) is 31.9 Å². The van der Waals surface area contributed by atoms with E-state index in [1.165, 1.54) is 0 Å². The van der Waals surface area contributed by atoms with Crippen molar-refractivity contribution in [2.45, 2.75) is 13.5 Å². The molecule has 2 aromatic rings. The van der Waals surface area contributed by atoms with E-state index < -0.39 is 0 Å². The Morgan fingerprint density at radius 1 is 1.40 bits per heavy atom. The molecule has 0 saturated heterocycles. The lowest BCUT2D eigenvalue weighted by atomic mass is 10.2. The molecule has 1 heterocycles. The van der Waals surface area contributed by atoms with Crippen molar-refractivity contribution in [1.29, 1.82) is 0 Å². The fourth-order valence-electron chi connectivity index (χ4n) is 2.25. The minimum Gasteiger partial charge on any atom is -0.494 e. The van der Waals surface area contributed by atoms with Crippen LogP contribution in [0.5, 0.6) is 5.75 Å². The third-order valence-electron chi connectivity index (χ3n) is 2.97. The van der Waals surface area contributed by atoms with Crippen molar-refractivity contribution in [3.05, 3.63) is 28.4 Å². The number of esters is 1. The standard InChI is InChI=1S/C14H15Br2NO3/c1-3-20-14(18)12-13(19-2)9-5-4-6-10(16)11(9)17(12)8-7-15/h4-6H,3,7-8H2,1-2H3. The summed E-state index contributed by atoms with van der Waals surface area (Å²) in [5, 5.41) is 1.62. The van der Waals surface area contributed by atoms with E-state index in [1.54, 1.807) is 14.0 Å². The number of aryl methyl sites for hydroxylation is 1. The molecule has 1 aromatic carbocycles. The van der Waals surface area contributed by atoms with Crippen LogP contribution in [-0.2, 0) is 11.3 Å². The van der Waals surface area contributed by atoms with Crippen molar-refractivity contribution in [2.24, 2.45) is 0 Å². The van der Waals surface area contributed by atoms with E-state index in [9.17, 15) is 4.79 Å². The summed E-state index contributed by atoms with van der Waals surface area (Å²) in [5.74, 6) is 0.189. The Hall–Kier alpha value is -1.01. The SMILES string of the molecule is CCOC(=O)c1c(OC)c2cccc(Br)c2n1CCBr. The van der Waals surface area contributed by atoms with Crippen LogP contribution in [0.3, 0.4) is 0 Å². The molecule has 0 saturated carbocycles. The quantitative estimate of drug-likeness (QED) is 0.558. The highest BCUT2D eigenvalue weighted by atomic mass is 79.9. The molecule has 0 amide bonds. The van der Waals surface area contributed by atoms with Crippen LogP contribution in [0.1, 0.15) is 17.4 Å². The maximum atomic E-state index is 12.2. The third kappa shape index (κ3) is 2.59. The average molecular weight is 405 g/mol. The van der Waals surface area contributed by atoms with Gasteiger partial charge in [-0.3, -0.25) is 0 Å². The molecule has 0 bridgehead atoms. The second-order valence-electron chi connectivity index (χ2n) is 4.08. The maximum absolute atomic E-state index is 12.2. The molecule has 0 aliphatic rings. The number of nitrogens with zero attached hydrogens (tertiary/aromatic N) is 1. The lowest BCUT2D eigenvalue weighted by molar-refractivity contribution is 0.0511. The van der Waals surface area contributed by atoms with Gasteiger partial charge in [-0.1, -0.05) is 22.0 Å². The van der Waals surface area contributed by atoms with Gasteiger partial charge >= 0.3 is 5.97 Å². The lowest BCUT2D eigenvalue weighted by Crippen LogP contribution is -2.14. The molecule has 6 heteroatoms. The predicted molar refractivity (Wildman–Crippen MR) is 85.9 cm³/mol. The Labute approximate surface area is 134 Å². The van der Waals surface area contributed by atoms with Crippen molar-refractivity contribution < 1.29 is 14.3 Å². The minimum atomic E-state index is -0.367. The van der Waals surface area contributed by atoms with Crippen LogP contribution in [0, 0.1) is 0 Å². The number of halogens is 2. The van der Waals surface area contributed by atoms with Crippen LogP contribution >= 0.6 is 31.9 Å². The Bertz CT molecular complexity index is 637. The highest BCUT2D eigenvalue weighted by Gasteiger charge is 2.25. The first-order chi connectivity index (χ1) is 9.65. The van der Waals surface area contributed by atoms with Gasteiger partial charge in [0, 0.05) is 21.7 Å². The Kier molecular flexibility index (Phi) is 5.10. The number of ether oxygens (including phenoxy) is 2. The molecular weight excluding hydrogens is 390 g/mol. The number of carbonyl (C=O) groups is 1. The zero-order chi connectivity index (χ0) is 14.7. The van der Waals surface area contributed by atoms with E-state index in [-0.39, 0.29) is 5.97 Å². The number of hydrogen-bond donors (Lipinski definition) is 0. The first kappa shape index (κ1) is 15.4. The van der Waals surface area contributed by atoms with Crippen molar-refractivity contribution in [3.8, 4) is 5.75 Å². The molecule has 0 N–H and O–H groups in total. The smallest absolute Gasteiger partial charge is 0.358 e. The molecule has 0 unspecified atom stereocenters. The largest absolute Gasteiger partial charge is 0.494 e. The molecular formula is C14H15Br2NO3. The van der Waals surface area contributed by atoms with Gasteiger partial charge in [0.1, 0.15) is 0 Å². The van der Waals surface area contributed by atoms with Crippen LogP contribution < -0.4 is 4.74 Å². The summed E-state index contributed by atoms with van der Waals surface area (Å²) in [6.07, 6.45) is 0. The van der Waals surface area contributed by atoms with Gasteiger partial charge in [-0.2, -0.15) is 0 Å². The molecule has 20 heavy (non-hydrogen) atoms. The van der Waals surface area contributed by atoms with E-state index in [0.29, 0.717) is 24.6 Å². The number of rotatable bonds is 5. The van der Waals surface area contributed by atoms with Crippen LogP contribution in [0.4, 0.5) is 0 Å². The fourth-order valence-corrected chi connectivity index (χ4v) is 3.19. The summed E-state index contributed by atoms with van der Waals surface area (Å²) < 4.78 is 13.4. The van der Waals surface area contributed by atoms with E-state index >= 15 is 0 Å². The number of hydrogen-bond acceptors (Lipinski definition) is 3. The van der Waals surface area contributed by atoms with Gasteiger partial charge in [0.2, 0.25) is 0 Å². The Balaban J connectivity index is 2.78. The van der Waals surface area contributed by atoms with Crippen molar-refractivity contribution in [3.63, 3.8) is 0 Å². The van der Waals surface area contributed by atoms with Gasteiger partial charge in [-0.15, -0.1) is 0 Å². The van der Waals surface area contributed by atoms with Crippen LogP contribution in [-0.4, -0.2) is 29.6 Å². The van der Waals surface area contributed by atoms with E-state index in [4.69, 9.17) is 9.47 Å². The highest BCUT2D eigenvalue weighted by molar-refractivity contribution is 9.10. The molecule has 0 radical (unpaired) electrons. The van der Waals surface area contributed by atoms with E-state index in [1.807, 2.05) is 22.8 Å². The second kappa shape index (κ2) is 6.63. The van der Waals surface area contributed by atoms with Crippen molar-refractivity contribution >= 4 is 48.7 Å². The number of para-hydroxylation sites is 1. The normalized spacial score (nSPS) is 10.8. The Morgan fingerprint density at radius 2 is 2.15 bits per heavy atom. The van der Waals surface area contributed by atoms with Crippen molar-refractivity contribution in [2.75, 3.05) is 19.0 Å². The molecule has 0 fully saturated rings. The number of aromatic nitrogens is 1. The predicted octanol–water partition coefficient (Wildman–Crippen LogP) is 3.98. The minimum absolute atomic E-state index is 0.332. The monoisotopic (exact) mass is 403 g/mol. The maximum Gasteiger partial charge on any atom is 0.358 e. The zero-order valence-corrected chi connectivity index (χ0v) is 14.5. The number of fused-ring (bicyclic) bond motifs is 1. The molecule has 0 spiro atoms. The van der Waals surface area contributed by atoms with Crippen molar-refractivity contribution in [1.82, 2.24) is 4.57 Å². The number of methoxy groups -OCH3 is 1. The lowest BCUT2D eigenvalue weighted by Gasteiger charge is -2.09. The molecule has 0 aliphatic heterocycles. The van der Waals surface area contributed by atoms with Gasteiger partial charge in [-0.05, 0) is 35.0 Å². The molecule has 108 valence electrons. The summed E-state index contributed by atoms with van der Waals surface area (Å²) in [4.78, 5) is 12.2. The molecule has 0 aliphatic carbocycles. The van der Waals surface area contributed by atoms with Gasteiger partial charge < -0.3 is 14.0 Å². The van der Waals surface area contributed by atoms with Crippen LogP contribution in [0.15, 0.2) is 22.7 Å².